The minimum absolute atomic E-state index is 0.0435. The van der Waals surface area contributed by atoms with Gasteiger partial charge in [0.2, 0.25) is 0 Å². The number of carbonyl (C=O) groups excluding carboxylic acids is 2. The smallest absolute Gasteiger partial charge is 0.334 e. The SMILES string of the molecule is Cc1ccc(C#Cc2ccc3oc(CC(C)(C)C(=O)OCC4C/C(=C\CC(CC(C)(C)C)CC(C)(C)C)C(=O)O4)cc3c2)cc1. The van der Waals surface area contributed by atoms with Crippen LogP contribution in [0.1, 0.15) is 104 Å². The van der Waals surface area contributed by atoms with Gasteiger partial charge in [-0.15, -0.1) is 0 Å². The van der Waals surface area contributed by atoms with Crippen molar-refractivity contribution >= 4 is 22.9 Å². The maximum absolute atomic E-state index is 13.1. The molecule has 2 aromatic carbocycles. The van der Waals surface area contributed by atoms with Crippen molar-refractivity contribution < 1.29 is 23.5 Å². The second-order valence-electron chi connectivity index (χ2n) is 15.8. The maximum Gasteiger partial charge on any atom is 0.334 e. The van der Waals surface area contributed by atoms with Gasteiger partial charge in [-0.1, -0.05) is 77.2 Å². The Morgan fingerprint density at radius 3 is 2.20 bits per heavy atom. The van der Waals surface area contributed by atoms with E-state index < -0.39 is 11.5 Å². The Bertz CT molecular complexity index is 1580. The van der Waals surface area contributed by atoms with Crippen LogP contribution in [0.3, 0.4) is 0 Å². The molecule has 4 rings (SSSR count). The molecule has 0 amide bonds. The van der Waals surface area contributed by atoms with Gasteiger partial charge in [-0.3, -0.25) is 4.79 Å². The van der Waals surface area contributed by atoms with E-state index in [2.05, 4.69) is 78.5 Å². The molecule has 0 aliphatic carbocycles. The predicted octanol–water partition coefficient (Wildman–Crippen LogP) is 9.37. The van der Waals surface area contributed by atoms with Crippen LogP contribution in [0, 0.1) is 40.9 Å². The lowest BCUT2D eigenvalue weighted by atomic mass is 9.75. The number of benzene rings is 2. The molecule has 3 aromatic rings. The average Bonchev–Trinajstić information content (AvgIpc) is 3.49. The fourth-order valence-electron chi connectivity index (χ4n) is 6.05. The summed E-state index contributed by atoms with van der Waals surface area (Å²) in [6, 6.07) is 16.0. The highest BCUT2D eigenvalue weighted by Gasteiger charge is 2.35. The molecule has 0 bridgehead atoms. The largest absolute Gasteiger partial charge is 0.461 e. The van der Waals surface area contributed by atoms with Crippen LogP contribution in [0.25, 0.3) is 11.0 Å². The molecule has 1 saturated heterocycles. The molecule has 5 nitrogen and oxygen atoms in total. The molecule has 5 heteroatoms. The van der Waals surface area contributed by atoms with Crippen LogP contribution in [-0.4, -0.2) is 24.6 Å². The number of rotatable bonds is 9. The highest BCUT2D eigenvalue weighted by atomic mass is 16.6. The van der Waals surface area contributed by atoms with Crippen LogP contribution in [0.2, 0.25) is 0 Å². The van der Waals surface area contributed by atoms with Crippen LogP contribution in [0.4, 0.5) is 0 Å². The van der Waals surface area contributed by atoms with Crippen molar-refractivity contribution in [1.29, 1.82) is 0 Å². The van der Waals surface area contributed by atoms with Crippen LogP contribution in [0.5, 0.6) is 0 Å². The van der Waals surface area contributed by atoms with Gasteiger partial charge < -0.3 is 13.9 Å². The van der Waals surface area contributed by atoms with Crippen molar-refractivity contribution in [3.8, 4) is 11.8 Å². The minimum Gasteiger partial charge on any atom is -0.461 e. The van der Waals surface area contributed by atoms with E-state index in [1.165, 1.54) is 5.56 Å². The molecular weight excluding hydrogens is 560 g/mol. The zero-order valence-electron chi connectivity index (χ0n) is 28.6. The molecule has 0 N–H and O–H groups in total. The summed E-state index contributed by atoms with van der Waals surface area (Å²) in [6.45, 7) is 19.4. The van der Waals surface area contributed by atoms with Crippen molar-refractivity contribution in [2.75, 3.05) is 6.61 Å². The summed E-state index contributed by atoms with van der Waals surface area (Å²) in [5.74, 6) is 6.97. The summed E-state index contributed by atoms with van der Waals surface area (Å²) in [7, 11) is 0. The number of cyclic esters (lactones) is 1. The Hall–Kier alpha value is -3.78. The van der Waals surface area contributed by atoms with Gasteiger partial charge in [0.25, 0.3) is 0 Å². The third-order valence-corrected chi connectivity index (χ3v) is 8.02. The molecule has 1 unspecified atom stereocenters. The standard InChI is InChI=1S/C40H50O5/c1-27-10-12-28(13-11-27)14-15-29-17-19-35-32(20-29)22-33(44-35)25-40(8,9)37(42)43-26-34-21-31(36(41)45-34)18-16-30(23-38(2,3)4)24-39(5,6)7/h10-13,17-20,22,30,34H,16,21,23-26H2,1-9H3/b31-18+. The Balaban J connectivity index is 1.32. The van der Waals surface area contributed by atoms with Gasteiger partial charge in [0.15, 0.2) is 0 Å². The molecule has 45 heavy (non-hydrogen) atoms. The first-order valence-corrected chi connectivity index (χ1v) is 16.1. The summed E-state index contributed by atoms with van der Waals surface area (Å²) in [4.78, 5) is 25.8. The molecule has 1 aliphatic rings. The number of carbonyl (C=O) groups is 2. The van der Waals surface area contributed by atoms with Crippen molar-refractivity contribution in [1.82, 2.24) is 0 Å². The van der Waals surface area contributed by atoms with Crippen LogP contribution in [-0.2, 0) is 25.5 Å². The number of hydrogen-bond acceptors (Lipinski definition) is 5. The van der Waals surface area contributed by atoms with Gasteiger partial charge in [-0.05, 0) is 93.2 Å². The van der Waals surface area contributed by atoms with Crippen molar-refractivity contribution in [2.24, 2.45) is 22.2 Å². The second kappa shape index (κ2) is 13.7. The Labute approximate surface area is 269 Å². The Morgan fingerprint density at radius 2 is 1.56 bits per heavy atom. The van der Waals surface area contributed by atoms with Crippen molar-refractivity contribution in [3.63, 3.8) is 0 Å². The van der Waals surface area contributed by atoms with Crippen LogP contribution < -0.4 is 0 Å². The highest BCUT2D eigenvalue weighted by molar-refractivity contribution is 5.90. The van der Waals surface area contributed by atoms with Gasteiger partial charge in [0.05, 0.1) is 5.41 Å². The summed E-state index contributed by atoms with van der Waals surface area (Å²) < 4.78 is 17.3. The lowest BCUT2D eigenvalue weighted by molar-refractivity contribution is -0.160. The van der Waals surface area contributed by atoms with E-state index in [9.17, 15) is 9.59 Å². The molecule has 0 saturated carbocycles. The number of aryl methyl sites for hydroxylation is 1. The molecule has 1 atom stereocenters. The zero-order chi connectivity index (χ0) is 33.0. The van der Waals surface area contributed by atoms with E-state index in [1.54, 1.807) is 0 Å². The normalized spacial score (nSPS) is 16.6. The fraction of sp³-hybridized carbons (Fsp3) is 0.500. The number of ether oxygens (including phenoxy) is 2. The summed E-state index contributed by atoms with van der Waals surface area (Å²) >= 11 is 0. The molecule has 1 aromatic heterocycles. The van der Waals surface area contributed by atoms with Crippen LogP contribution >= 0.6 is 0 Å². The topological polar surface area (TPSA) is 65.7 Å². The third kappa shape index (κ3) is 10.4. The van der Waals surface area contributed by atoms with Crippen molar-refractivity contribution in [3.05, 3.63) is 82.6 Å². The van der Waals surface area contributed by atoms with E-state index in [1.807, 2.05) is 50.2 Å². The van der Waals surface area contributed by atoms with Gasteiger partial charge in [-0.25, -0.2) is 4.79 Å². The summed E-state index contributed by atoms with van der Waals surface area (Å²) in [5, 5.41) is 0.939. The summed E-state index contributed by atoms with van der Waals surface area (Å²) in [6.07, 6.45) is 5.46. The zero-order valence-corrected chi connectivity index (χ0v) is 28.6. The second-order valence-corrected chi connectivity index (χ2v) is 15.8. The Kier molecular flexibility index (Phi) is 10.4. The number of esters is 2. The van der Waals surface area contributed by atoms with Crippen molar-refractivity contribution in [2.45, 2.75) is 101 Å². The number of hydrogen-bond donors (Lipinski definition) is 0. The number of allylic oxidation sites excluding steroid dienone is 1. The number of fused-ring (bicyclic) bond motifs is 1. The molecule has 240 valence electrons. The van der Waals surface area contributed by atoms with Gasteiger partial charge in [0, 0.05) is 34.9 Å². The minimum atomic E-state index is -0.823. The molecule has 1 aliphatic heterocycles. The molecular formula is C40H50O5. The predicted molar refractivity (Wildman–Crippen MR) is 181 cm³/mol. The summed E-state index contributed by atoms with van der Waals surface area (Å²) in [5.41, 5.74) is 4.12. The highest BCUT2D eigenvalue weighted by Crippen LogP contribution is 2.36. The third-order valence-electron chi connectivity index (χ3n) is 8.02. The average molecular weight is 611 g/mol. The maximum atomic E-state index is 13.1. The lowest BCUT2D eigenvalue weighted by Crippen LogP contribution is -2.31. The quantitative estimate of drug-likeness (QED) is 0.137. The van der Waals surface area contributed by atoms with E-state index in [0.29, 0.717) is 30.1 Å². The first-order valence-electron chi connectivity index (χ1n) is 16.1. The van der Waals surface area contributed by atoms with E-state index in [0.717, 1.165) is 41.4 Å². The first kappa shape index (κ1) is 34.1. The monoisotopic (exact) mass is 610 g/mol. The van der Waals surface area contributed by atoms with E-state index in [-0.39, 0.29) is 29.4 Å². The van der Waals surface area contributed by atoms with E-state index in [4.69, 9.17) is 13.9 Å². The van der Waals surface area contributed by atoms with Gasteiger partial charge in [-0.2, -0.15) is 0 Å². The molecule has 2 heterocycles. The Morgan fingerprint density at radius 1 is 0.933 bits per heavy atom. The number of furan rings is 1. The van der Waals surface area contributed by atoms with E-state index >= 15 is 0 Å². The molecule has 0 radical (unpaired) electrons. The van der Waals surface area contributed by atoms with Gasteiger partial charge in [0.1, 0.15) is 24.1 Å². The van der Waals surface area contributed by atoms with Gasteiger partial charge >= 0.3 is 11.9 Å². The van der Waals surface area contributed by atoms with Crippen LogP contribution in [0.15, 0.2) is 64.6 Å². The molecule has 1 fully saturated rings. The fourth-order valence-corrected chi connectivity index (χ4v) is 6.05. The molecule has 0 spiro atoms. The lowest BCUT2D eigenvalue weighted by Gasteiger charge is -2.30. The first-order chi connectivity index (χ1) is 21.0.